The summed E-state index contributed by atoms with van der Waals surface area (Å²) < 4.78 is 77.6. The molecule has 0 atom stereocenters. The van der Waals surface area contributed by atoms with Crippen LogP contribution in [0.3, 0.4) is 0 Å². The van der Waals surface area contributed by atoms with Crippen molar-refractivity contribution in [3.05, 3.63) is 29.6 Å². The van der Waals surface area contributed by atoms with Gasteiger partial charge in [-0.15, -0.1) is 6.42 Å². The minimum atomic E-state index is -5.73. The van der Waals surface area contributed by atoms with E-state index in [9.17, 15) is 26.3 Å². The van der Waals surface area contributed by atoms with E-state index in [0.717, 1.165) is 12.1 Å². The second kappa shape index (κ2) is 4.80. The minimum Gasteiger partial charge on any atom is -0.487 e. The zero-order chi connectivity index (χ0) is 14.0. The molecule has 7 heteroatoms. The fraction of sp³-hybridized carbons (Fsp3) is 0.273. The maximum atomic E-state index is 12.9. The number of halogens is 6. The van der Waals surface area contributed by atoms with Crippen molar-refractivity contribution in [2.24, 2.45) is 0 Å². The van der Waals surface area contributed by atoms with Gasteiger partial charge < -0.3 is 4.74 Å². The molecule has 0 spiro atoms. The predicted octanol–water partition coefficient (Wildman–Crippen LogP) is 3.38. The van der Waals surface area contributed by atoms with E-state index in [1.54, 1.807) is 0 Å². The van der Waals surface area contributed by atoms with Gasteiger partial charge in [-0.25, -0.2) is 4.39 Å². The van der Waals surface area contributed by atoms with E-state index in [-0.39, 0.29) is 5.56 Å². The van der Waals surface area contributed by atoms with E-state index in [2.05, 4.69) is 4.74 Å². The van der Waals surface area contributed by atoms with Gasteiger partial charge in [0.05, 0.1) is 0 Å². The molecule has 18 heavy (non-hydrogen) atoms. The van der Waals surface area contributed by atoms with Crippen LogP contribution in [0.2, 0.25) is 0 Å². The van der Waals surface area contributed by atoms with Crippen molar-refractivity contribution in [2.75, 3.05) is 6.61 Å². The van der Waals surface area contributed by atoms with Crippen molar-refractivity contribution in [2.45, 2.75) is 12.1 Å². The van der Waals surface area contributed by atoms with Gasteiger partial charge in [0.1, 0.15) is 11.6 Å². The third kappa shape index (κ3) is 3.32. The zero-order valence-electron chi connectivity index (χ0n) is 8.69. The molecule has 0 heterocycles. The lowest BCUT2D eigenvalue weighted by molar-refractivity contribution is -0.290. The van der Waals surface area contributed by atoms with E-state index < -0.39 is 30.3 Å². The largest absolute Gasteiger partial charge is 0.487 e. The molecule has 0 saturated heterocycles. The highest BCUT2D eigenvalue weighted by Crippen LogP contribution is 2.35. The van der Waals surface area contributed by atoms with Crippen LogP contribution < -0.4 is 4.74 Å². The smallest absolute Gasteiger partial charge is 0.456 e. The normalized spacial score (nSPS) is 12.1. The first-order chi connectivity index (χ1) is 8.15. The van der Waals surface area contributed by atoms with Crippen LogP contribution in [0.4, 0.5) is 26.3 Å². The van der Waals surface area contributed by atoms with Crippen LogP contribution in [0.25, 0.3) is 0 Å². The molecular weight excluding hydrogens is 262 g/mol. The van der Waals surface area contributed by atoms with E-state index in [1.165, 1.54) is 0 Å². The highest BCUT2D eigenvalue weighted by molar-refractivity contribution is 5.39. The Hall–Kier alpha value is -1.84. The molecule has 1 nitrogen and oxygen atoms in total. The van der Waals surface area contributed by atoms with Crippen molar-refractivity contribution in [3.8, 4) is 18.1 Å². The van der Waals surface area contributed by atoms with Gasteiger partial charge in [-0.2, -0.15) is 22.0 Å². The number of alkyl halides is 5. The van der Waals surface area contributed by atoms with Crippen molar-refractivity contribution in [3.63, 3.8) is 0 Å². The topological polar surface area (TPSA) is 9.23 Å². The number of rotatable bonds is 3. The third-order valence-electron chi connectivity index (χ3n) is 1.87. The molecule has 0 amide bonds. The number of benzene rings is 1. The van der Waals surface area contributed by atoms with Crippen LogP contribution in [0.1, 0.15) is 5.56 Å². The van der Waals surface area contributed by atoms with Gasteiger partial charge >= 0.3 is 12.1 Å². The zero-order valence-corrected chi connectivity index (χ0v) is 8.69. The lowest BCUT2D eigenvalue weighted by atomic mass is 10.2. The van der Waals surface area contributed by atoms with Gasteiger partial charge in [0.25, 0.3) is 0 Å². The van der Waals surface area contributed by atoms with Crippen molar-refractivity contribution < 1.29 is 31.1 Å². The van der Waals surface area contributed by atoms with E-state index in [4.69, 9.17) is 6.42 Å². The number of terminal acetylenes is 1. The second-order valence-corrected chi connectivity index (χ2v) is 3.31. The first kappa shape index (κ1) is 14.2. The first-order valence-corrected chi connectivity index (χ1v) is 4.50. The van der Waals surface area contributed by atoms with E-state index in [1.807, 2.05) is 5.92 Å². The maximum Gasteiger partial charge on any atom is 0.456 e. The average molecular weight is 268 g/mol. The van der Waals surface area contributed by atoms with Crippen LogP contribution in [0.5, 0.6) is 5.75 Å². The molecule has 0 aromatic heterocycles. The van der Waals surface area contributed by atoms with Crippen LogP contribution in [0.15, 0.2) is 18.2 Å². The molecular formula is C11H6F6O. The average Bonchev–Trinajstić information content (AvgIpc) is 2.24. The Morgan fingerprint density at radius 3 is 2.22 bits per heavy atom. The lowest BCUT2D eigenvalue weighted by Crippen LogP contribution is -2.41. The summed E-state index contributed by atoms with van der Waals surface area (Å²) in [6.45, 7) is -1.94. The van der Waals surface area contributed by atoms with Crippen LogP contribution in [-0.4, -0.2) is 18.7 Å². The number of hydrogen-bond donors (Lipinski definition) is 0. The predicted molar refractivity (Wildman–Crippen MR) is 50.8 cm³/mol. The fourth-order valence-electron chi connectivity index (χ4n) is 0.985. The summed E-state index contributed by atoms with van der Waals surface area (Å²) in [6.07, 6.45) is -0.788. The summed E-state index contributed by atoms with van der Waals surface area (Å²) in [6, 6.07) is 2.55. The van der Waals surface area contributed by atoms with Crippen LogP contribution in [-0.2, 0) is 0 Å². The quantitative estimate of drug-likeness (QED) is 0.603. The molecule has 98 valence electrons. The molecule has 0 fully saturated rings. The van der Waals surface area contributed by atoms with Gasteiger partial charge in [0.15, 0.2) is 6.61 Å². The number of ether oxygens (including phenoxy) is 1. The maximum absolute atomic E-state index is 12.9. The molecule has 1 aromatic rings. The van der Waals surface area contributed by atoms with Crippen molar-refractivity contribution in [1.82, 2.24) is 0 Å². The van der Waals surface area contributed by atoms with Gasteiger partial charge in [-0.3, -0.25) is 0 Å². The molecule has 0 unspecified atom stereocenters. The Morgan fingerprint density at radius 1 is 1.11 bits per heavy atom. The van der Waals surface area contributed by atoms with Gasteiger partial charge in [-0.05, 0) is 12.1 Å². The molecule has 1 rings (SSSR count). The Kier molecular flexibility index (Phi) is 3.79. The summed E-state index contributed by atoms with van der Waals surface area (Å²) >= 11 is 0. The summed E-state index contributed by atoms with van der Waals surface area (Å²) in [7, 11) is 0. The summed E-state index contributed by atoms with van der Waals surface area (Å²) in [4.78, 5) is 0. The summed E-state index contributed by atoms with van der Waals surface area (Å²) in [5.41, 5.74) is -0.0275. The van der Waals surface area contributed by atoms with Crippen LogP contribution >= 0.6 is 0 Å². The standard InChI is InChI=1S/C11H6F6O/c1-2-7-3-8(12)5-9(4-7)18-6-10(13,14)11(15,16)17/h1,3-5H,6H2. The van der Waals surface area contributed by atoms with Crippen molar-refractivity contribution >= 4 is 0 Å². The Balaban J connectivity index is 2.82. The SMILES string of the molecule is C#Cc1cc(F)cc(OCC(F)(F)C(F)(F)F)c1. The summed E-state index contributed by atoms with van der Waals surface area (Å²) in [5, 5.41) is 0. The molecule has 0 bridgehead atoms. The fourth-order valence-corrected chi connectivity index (χ4v) is 0.985. The number of hydrogen-bond acceptors (Lipinski definition) is 1. The van der Waals surface area contributed by atoms with Crippen molar-refractivity contribution in [1.29, 1.82) is 0 Å². The van der Waals surface area contributed by atoms with Crippen LogP contribution in [0, 0.1) is 18.2 Å². The molecule has 0 radical (unpaired) electrons. The molecule has 0 N–H and O–H groups in total. The second-order valence-electron chi connectivity index (χ2n) is 3.31. The van der Waals surface area contributed by atoms with Gasteiger partial charge in [-0.1, -0.05) is 5.92 Å². The van der Waals surface area contributed by atoms with Gasteiger partial charge in [0.2, 0.25) is 0 Å². The third-order valence-corrected chi connectivity index (χ3v) is 1.87. The lowest BCUT2D eigenvalue weighted by Gasteiger charge is -2.19. The first-order valence-electron chi connectivity index (χ1n) is 4.50. The van der Waals surface area contributed by atoms with E-state index >= 15 is 0 Å². The Morgan fingerprint density at radius 2 is 1.72 bits per heavy atom. The van der Waals surface area contributed by atoms with E-state index in [0.29, 0.717) is 6.07 Å². The molecule has 1 aromatic carbocycles. The van der Waals surface area contributed by atoms with Gasteiger partial charge in [0, 0.05) is 11.6 Å². The molecule has 0 aliphatic heterocycles. The highest BCUT2D eigenvalue weighted by Gasteiger charge is 2.58. The highest BCUT2D eigenvalue weighted by atomic mass is 19.4. The minimum absolute atomic E-state index is 0.0275. The Bertz CT molecular complexity index is 471. The molecule has 0 aliphatic rings. The molecule has 0 saturated carbocycles. The Labute approximate surface area is 98.4 Å². The summed E-state index contributed by atoms with van der Waals surface area (Å²) in [5.74, 6) is -4.40. The molecule has 0 aliphatic carbocycles. The monoisotopic (exact) mass is 268 g/mol.